The van der Waals surface area contributed by atoms with Crippen molar-refractivity contribution < 1.29 is 9.53 Å². The molecule has 0 aliphatic carbocycles. The molecule has 0 atom stereocenters. The summed E-state index contributed by atoms with van der Waals surface area (Å²) >= 11 is 1.47. The number of nitrogens with two attached hydrogens (primary N) is 1. The van der Waals surface area contributed by atoms with Gasteiger partial charge in [0.2, 0.25) is 0 Å². The Hall–Kier alpha value is -1.90. The molecule has 8 heteroatoms. The van der Waals surface area contributed by atoms with E-state index in [1.54, 1.807) is 0 Å². The summed E-state index contributed by atoms with van der Waals surface area (Å²) in [5.74, 6) is 1.13. The van der Waals surface area contributed by atoms with Crippen LogP contribution in [0.15, 0.2) is 0 Å². The van der Waals surface area contributed by atoms with Crippen LogP contribution in [0.1, 0.15) is 33.6 Å². The van der Waals surface area contributed by atoms with E-state index in [4.69, 9.17) is 15.5 Å². The number of morpholine rings is 1. The van der Waals surface area contributed by atoms with Crippen LogP contribution < -0.4 is 10.6 Å². The first-order valence-electron chi connectivity index (χ1n) is 10.2. The quantitative estimate of drug-likeness (QED) is 0.829. The highest BCUT2D eigenvalue weighted by atomic mass is 32.1. The summed E-state index contributed by atoms with van der Waals surface area (Å²) in [4.78, 5) is 26.3. The Morgan fingerprint density at radius 2 is 1.86 bits per heavy atom. The van der Waals surface area contributed by atoms with Gasteiger partial charge in [-0.25, -0.2) is 4.98 Å². The van der Waals surface area contributed by atoms with Crippen LogP contribution in [0.25, 0.3) is 10.2 Å². The summed E-state index contributed by atoms with van der Waals surface area (Å²) in [6, 6.07) is 0. The predicted molar refractivity (Wildman–Crippen MR) is 112 cm³/mol. The summed E-state index contributed by atoms with van der Waals surface area (Å²) in [6.45, 7) is 6.72. The number of pyridine rings is 1. The highest BCUT2D eigenvalue weighted by molar-refractivity contribution is 7.21. The van der Waals surface area contributed by atoms with Crippen molar-refractivity contribution in [2.45, 2.75) is 25.8 Å². The Kier molecular flexibility index (Phi) is 4.65. The largest absolute Gasteiger partial charge is 0.397 e. The highest BCUT2D eigenvalue weighted by Crippen LogP contribution is 2.42. The van der Waals surface area contributed by atoms with E-state index in [1.807, 2.05) is 4.90 Å². The number of amides is 1. The van der Waals surface area contributed by atoms with E-state index in [0.717, 1.165) is 87.8 Å². The standard InChI is InChI=1S/C20H27N5O2S/c1-23-7-4-13-14(12-23)18(24-8-10-27-11-9-24)22-19-15(13)16(21)17(28-19)20(26)25-5-2-3-6-25/h2-12,21H2,1H3. The van der Waals surface area contributed by atoms with Crippen molar-refractivity contribution in [1.29, 1.82) is 0 Å². The molecule has 2 saturated heterocycles. The third-order valence-electron chi connectivity index (χ3n) is 6.14. The number of ether oxygens (including phenoxy) is 1. The number of likely N-dealkylation sites (N-methyl/N-ethyl adjacent to an activating group) is 1. The minimum atomic E-state index is 0.0765. The number of hydrogen-bond acceptors (Lipinski definition) is 7. The maximum atomic E-state index is 13.0. The lowest BCUT2D eigenvalue weighted by Gasteiger charge is -2.33. The number of hydrogen-bond donors (Lipinski definition) is 1. The Bertz CT molecular complexity index is 915. The molecule has 2 fully saturated rings. The van der Waals surface area contributed by atoms with Crippen molar-refractivity contribution >= 4 is 39.0 Å². The van der Waals surface area contributed by atoms with E-state index in [-0.39, 0.29) is 5.91 Å². The summed E-state index contributed by atoms with van der Waals surface area (Å²) in [6.07, 6.45) is 3.11. The third kappa shape index (κ3) is 2.94. The number of carbonyl (C=O) groups excluding carboxylic acids is 1. The van der Waals surface area contributed by atoms with E-state index < -0.39 is 0 Å². The zero-order chi connectivity index (χ0) is 19.3. The van der Waals surface area contributed by atoms with Gasteiger partial charge in [0, 0.05) is 50.2 Å². The van der Waals surface area contributed by atoms with Crippen molar-refractivity contribution in [2.24, 2.45) is 0 Å². The number of nitrogens with zero attached hydrogens (tertiary/aromatic N) is 4. The lowest BCUT2D eigenvalue weighted by molar-refractivity contribution is 0.0798. The maximum absolute atomic E-state index is 13.0. The minimum absolute atomic E-state index is 0.0765. The molecule has 0 saturated carbocycles. The molecule has 150 valence electrons. The number of likely N-dealkylation sites (tertiary alicyclic amines) is 1. The van der Waals surface area contributed by atoms with Gasteiger partial charge >= 0.3 is 0 Å². The molecule has 0 spiro atoms. The smallest absolute Gasteiger partial charge is 0.266 e. The molecule has 0 unspecified atom stereocenters. The van der Waals surface area contributed by atoms with Crippen molar-refractivity contribution in [2.75, 3.05) is 63.6 Å². The van der Waals surface area contributed by atoms with E-state index in [1.165, 1.54) is 22.5 Å². The molecule has 28 heavy (non-hydrogen) atoms. The molecule has 2 N–H and O–H groups in total. The van der Waals surface area contributed by atoms with Gasteiger partial charge in [0.15, 0.2) is 0 Å². The zero-order valence-electron chi connectivity index (χ0n) is 16.4. The van der Waals surface area contributed by atoms with Gasteiger partial charge < -0.3 is 25.2 Å². The SMILES string of the molecule is CN1CCc2c(c(N3CCOCC3)nc3sc(C(=O)N4CCCC4)c(N)c23)C1. The molecule has 1 amide bonds. The van der Waals surface area contributed by atoms with Crippen molar-refractivity contribution in [3.63, 3.8) is 0 Å². The topological polar surface area (TPSA) is 74.9 Å². The number of carbonyl (C=O) groups is 1. The van der Waals surface area contributed by atoms with Gasteiger partial charge in [0.1, 0.15) is 15.5 Å². The summed E-state index contributed by atoms with van der Waals surface area (Å²) in [7, 11) is 2.15. The third-order valence-corrected chi connectivity index (χ3v) is 7.23. The summed E-state index contributed by atoms with van der Waals surface area (Å²) in [5.41, 5.74) is 9.77. The van der Waals surface area contributed by atoms with Crippen LogP contribution in [-0.4, -0.2) is 73.7 Å². The number of nitrogen functional groups attached to an aromatic ring is 1. The first-order chi connectivity index (χ1) is 13.6. The predicted octanol–water partition coefficient (Wildman–Crippen LogP) is 1.94. The van der Waals surface area contributed by atoms with Crippen molar-refractivity contribution in [3.05, 3.63) is 16.0 Å². The van der Waals surface area contributed by atoms with Crippen LogP contribution in [0.3, 0.4) is 0 Å². The number of fused-ring (bicyclic) bond motifs is 3. The fourth-order valence-electron chi connectivity index (χ4n) is 4.60. The second-order valence-corrected chi connectivity index (χ2v) is 9.00. The molecule has 2 aromatic heterocycles. The molecule has 0 radical (unpaired) electrons. The maximum Gasteiger partial charge on any atom is 0.266 e. The normalized spacial score (nSPS) is 20.8. The number of thiophene rings is 1. The Morgan fingerprint density at radius 1 is 1.11 bits per heavy atom. The molecule has 0 aromatic carbocycles. The van der Waals surface area contributed by atoms with E-state index in [2.05, 4.69) is 16.8 Å². The highest BCUT2D eigenvalue weighted by Gasteiger charge is 2.30. The Morgan fingerprint density at radius 3 is 2.61 bits per heavy atom. The van der Waals surface area contributed by atoms with Crippen LogP contribution in [0.5, 0.6) is 0 Å². The van der Waals surface area contributed by atoms with Crippen LogP contribution in [0.4, 0.5) is 11.5 Å². The number of aromatic nitrogens is 1. The fourth-order valence-corrected chi connectivity index (χ4v) is 5.69. The molecule has 7 nitrogen and oxygen atoms in total. The molecule has 5 heterocycles. The molecule has 0 bridgehead atoms. The number of anilines is 2. The van der Waals surface area contributed by atoms with Gasteiger partial charge in [0.05, 0.1) is 18.9 Å². The van der Waals surface area contributed by atoms with Crippen LogP contribution >= 0.6 is 11.3 Å². The Labute approximate surface area is 169 Å². The van der Waals surface area contributed by atoms with Crippen LogP contribution in [-0.2, 0) is 17.7 Å². The van der Waals surface area contributed by atoms with E-state index in [0.29, 0.717) is 10.6 Å². The van der Waals surface area contributed by atoms with E-state index >= 15 is 0 Å². The van der Waals surface area contributed by atoms with Gasteiger partial charge in [-0.3, -0.25) is 4.79 Å². The van der Waals surface area contributed by atoms with Gasteiger partial charge in [-0.15, -0.1) is 11.3 Å². The lowest BCUT2D eigenvalue weighted by atomic mass is 9.96. The monoisotopic (exact) mass is 401 g/mol. The summed E-state index contributed by atoms with van der Waals surface area (Å²) in [5, 5.41) is 1.02. The molecule has 5 rings (SSSR count). The van der Waals surface area contributed by atoms with Crippen LogP contribution in [0.2, 0.25) is 0 Å². The molecular weight excluding hydrogens is 374 g/mol. The average Bonchev–Trinajstić information content (AvgIpc) is 3.36. The second-order valence-electron chi connectivity index (χ2n) is 8.00. The fraction of sp³-hybridized carbons (Fsp3) is 0.600. The van der Waals surface area contributed by atoms with Crippen molar-refractivity contribution in [1.82, 2.24) is 14.8 Å². The van der Waals surface area contributed by atoms with Gasteiger partial charge in [-0.05, 0) is 31.9 Å². The first-order valence-corrected chi connectivity index (χ1v) is 11.0. The lowest BCUT2D eigenvalue weighted by Crippen LogP contribution is -2.39. The first kappa shape index (κ1) is 18.1. The van der Waals surface area contributed by atoms with Crippen LogP contribution in [0, 0.1) is 0 Å². The summed E-state index contributed by atoms with van der Waals surface area (Å²) < 4.78 is 5.54. The van der Waals surface area contributed by atoms with Gasteiger partial charge in [-0.1, -0.05) is 0 Å². The second kappa shape index (κ2) is 7.17. The van der Waals surface area contributed by atoms with Gasteiger partial charge in [0.25, 0.3) is 5.91 Å². The molecule has 2 aromatic rings. The molecular formula is C20H27N5O2S. The minimum Gasteiger partial charge on any atom is -0.397 e. The molecule has 3 aliphatic heterocycles. The van der Waals surface area contributed by atoms with Crippen molar-refractivity contribution in [3.8, 4) is 0 Å². The van der Waals surface area contributed by atoms with Gasteiger partial charge in [-0.2, -0.15) is 0 Å². The zero-order valence-corrected chi connectivity index (χ0v) is 17.2. The van der Waals surface area contributed by atoms with E-state index in [9.17, 15) is 4.79 Å². The average molecular weight is 402 g/mol. The Balaban J connectivity index is 1.65. The molecule has 3 aliphatic rings. The number of rotatable bonds is 2.